The first kappa shape index (κ1) is 15.1. The molecule has 0 unspecified atom stereocenters. The average molecular weight is 317 g/mol. The normalized spacial score (nSPS) is 28.5. The lowest BCUT2D eigenvalue weighted by Gasteiger charge is -2.40. The van der Waals surface area contributed by atoms with Gasteiger partial charge in [-0.05, 0) is 43.6 Å². The van der Waals surface area contributed by atoms with Crippen molar-refractivity contribution < 1.29 is 9.18 Å². The van der Waals surface area contributed by atoms with E-state index < -0.39 is 5.82 Å². The molecule has 2 atom stereocenters. The molecule has 4 heterocycles. The van der Waals surface area contributed by atoms with Crippen molar-refractivity contribution in [3.8, 4) is 0 Å². The quantitative estimate of drug-likeness (QED) is 0.860. The van der Waals surface area contributed by atoms with Gasteiger partial charge in [0.25, 0.3) is 5.91 Å². The zero-order chi connectivity index (χ0) is 15.8. The van der Waals surface area contributed by atoms with E-state index in [1.54, 1.807) is 0 Å². The Morgan fingerprint density at radius 3 is 2.78 bits per heavy atom. The van der Waals surface area contributed by atoms with Crippen molar-refractivity contribution in [1.82, 2.24) is 14.8 Å². The number of carbonyl (C=O) groups excluding carboxylic acids is 1. The number of rotatable bonds is 3. The number of carbonyl (C=O) groups is 1. The molecule has 0 aromatic carbocycles. The molecule has 0 spiro atoms. The van der Waals surface area contributed by atoms with Gasteiger partial charge in [-0.1, -0.05) is 6.42 Å². The monoisotopic (exact) mass is 317 g/mol. The van der Waals surface area contributed by atoms with Crippen LogP contribution in [0, 0.1) is 17.7 Å². The molecule has 1 amide bonds. The van der Waals surface area contributed by atoms with Gasteiger partial charge in [0.15, 0.2) is 0 Å². The minimum atomic E-state index is -0.444. The Bertz CT molecular complexity index is 589. The topological polar surface area (TPSA) is 36.4 Å². The highest BCUT2D eigenvalue weighted by atomic mass is 19.1. The van der Waals surface area contributed by atoms with Gasteiger partial charge in [-0.3, -0.25) is 14.7 Å². The zero-order valence-corrected chi connectivity index (χ0v) is 13.5. The molecular weight excluding hydrogens is 293 g/mol. The Balaban J connectivity index is 1.47. The van der Waals surface area contributed by atoms with E-state index in [2.05, 4.69) is 9.88 Å². The molecule has 23 heavy (non-hydrogen) atoms. The van der Waals surface area contributed by atoms with Gasteiger partial charge < -0.3 is 4.90 Å². The van der Waals surface area contributed by atoms with Crippen molar-refractivity contribution in [2.24, 2.45) is 11.8 Å². The third kappa shape index (κ3) is 3.11. The van der Waals surface area contributed by atoms with E-state index in [1.165, 1.54) is 50.9 Å². The first-order valence-electron chi connectivity index (χ1n) is 8.83. The first-order valence-corrected chi connectivity index (χ1v) is 8.83. The molecule has 2 bridgehead atoms. The number of amides is 1. The Kier molecular flexibility index (Phi) is 4.05. The summed E-state index contributed by atoms with van der Waals surface area (Å²) in [6.45, 7) is 3.89. The Morgan fingerprint density at radius 2 is 2.04 bits per heavy atom. The van der Waals surface area contributed by atoms with Crippen molar-refractivity contribution in [2.75, 3.05) is 26.2 Å². The molecule has 5 heteroatoms. The van der Waals surface area contributed by atoms with E-state index in [9.17, 15) is 9.18 Å². The van der Waals surface area contributed by atoms with E-state index in [4.69, 9.17) is 0 Å². The summed E-state index contributed by atoms with van der Waals surface area (Å²) in [6.07, 6.45) is 9.12. The highest BCUT2D eigenvalue weighted by molar-refractivity contribution is 5.94. The van der Waals surface area contributed by atoms with E-state index in [-0.39, 0.29) is 5.91 Å². The van der Waals surface area contributed by atoms with E-state index in [1.807, 2.05) is 4.90 Å². The molecule has 4 fully saturated rings. The minimum absolute atomic E-state index is 0.0700. The van der Waals surface area contributed by atoms with Crippen LogP contribution in [0.5, 0.6) is 0 Å². The number of fused-ring (bicyclic) bond motifs is 4. The standard InChI is InChI=1S/C18H24FN3O/c19-16-6-15(7-20-8-16)18(23)22-11-14-4-5-17(12-22)21(10-14)9-13-2-1-3-13/h6-8,13-14,17H,1-5,9-12H2/t14-,17-/m0/s1. The zero-order valence-electron chi connectivity index (χ0n) is 13.5. The van der Waals surface area contributed by atoms with Crippen molar-refractivity contribution in [1.29, 1.82) is 0 Å². The largest absolute Gasteiger partial charge is 0.337 e. The van der Waals surface area contributed by atoms with Crippen LogP contribution in [0.25, 0.3) is 0 Å². The molecule has 1 aromatic heterocycles. The number of nitrogens with zero attached hydrogens (tertiary/aromatic N) is 3. The molecule has 4 nitrogen and oxygen atoms in total. The fraction of sp³-hybridized carbons (Fsp3) is 0.667. The van der Waals surface area contributed by atoms with Crippen LogP contribution in [0.15, 0.2) is 18.5 Å². The number of halogens is 1. The number of hydrogen-bond donors (Lipinski definition) is 0. The predicted molar refractivity (Wildman–Crippen MR) is 85.5 cm³/mol. The SMILES string of the molecule is O=C(c1cncc(F)c1)N1C[C@H]2CC[C@@H](C1)N(CC1CCC1)C2. The van der Waals surface area contributed by atoms with Crippen molar-refractivity contribution in [3.05, 3.63) is 29.8 Å². The molecule has 3 aliphatic heterocycles. The predicted octanol–water partition coefficient (Wildman–Crippen LogP) is 2.56. The molecule has 5 rings (SSSR count). The van der Waals surface area contributed by atoms with Crippen LogP contribution >= 0.6 is 0 Å². The van der Waals surface area contributed by atoms with Gasteiger partial charge in [-0.25, -0.2) is 4.39 Å². The summed E-state index contributed by atoms with van der Waals surface area (Å²) in [5, 5.41) is 0. The summed E-state index contributed by atoms with van der Waals surface area (Å²) in [5.74, 6) is 0.907. The third-order valence-corrected chi connectivity index (χ3v) is 5.78. The molecule has 0 radical (unpaired) electrons. The summed E-state index contributed by atoms with van der Waals surface area (Å²) >= 11 is 0. The van der Waals surface area contributed by atoms with Crippen LogP contribution in [-0.2, 0) is 0 Å². The summed E-state index contributed by atoms with van der Waals surface area (Å²) in [6, 6.07) is 1.77. The average Bonchev–Trinajstić information content (AvgIpc) is 2.82. The smallest absolute Gasteiger partial charge is 0.255 e. The molecule has 0 N–H and O–H groups in total. The van der Waals surface area contributed by atoms with Gasteiger partial charge in [0.05, 0.1) is 11.8 Å². The second-order valence-corrected chi connectivity index (χ2v) is 7.45. The number of hydrogen-bond acceptors (Lipinski definition) is 3. The first-order chi connectivity index (χ1) is 11.2. The van der Waals surface area contributed by atoms with Gasteiger partial charge in [0, 0.05) is 38.4 Å². The molecule has 1 aromatic rings. The molecule has 1 aliphatic carbocycles. The van der Waals surface area contributed by atoms with Gasteiger partial charge in [-0.15, -0.1) is 0 Å². The van der Waals surface area contributed by atoms with Crippen LogP contribution < -0.4 is 0 Å². The van der Waals surface area contributed by atoms with Gasteiger partial charge >= 0.3 is 0 Å². The summed E-state index contributed by atoms with van der Waals surface area (Å²) in [5.41, 5.74) is 0.372. The van der Waals surface area contributed by atoms with E-state index in [0.29, 0.717) is 17.5 Å². The van der Waals surface area contributed by atoms with Gasteiger partial charge in [0.1, 0.15) is 5.82 Å². The molecule has 4 aliphatic rings. The van der Waals surface area contributed by atoms with E-state index in [0.717, 1.165) is 31.7 Å². The van der Waals surface area contributed by atoms with Crippen LogP contribution in [0.2, 0.25) is 0 Å². The van der Waals surface area contributed by atoms with Crippen LogP contribution in [-0.4, -0.2) is 52.9 Å². The lowest BCUT2D eigenvalue weighted by molar-refractivity contribution is 0.0716. The highest BCUT2D eigenvalue weighted by Gasteiger charge is 2.37. The minimum Gasteiger partial charge on any atom is -0.337 e. The molecule has 124 valence electrons. The van der Waals surface area contributed by atoms with Crippen LogP contribution in [0.1, 0.15) is 42.5 Å². The lowest BCUT2D eigenvalue weighted by Crippen LogP contribution is -2.47. The fourth-order valence-electron chi connectivity index (χ4n) is 4.29. The van der Waals surface area contributed by atoms with Crippen molar-refractivity contribution in [3.63, 3.8) is 0 Å². The second-order valence-electron chi connectivity index (χ2n) is 7.45. The summed E-state index contributed by atoms with van der Waals surface area (Å²) < 4.78 is 13.4. The van der Waals surface area contributed by atoms with Crippen molar-refractivity contribution in [2.45, 2.75) is 38.1 Å². The summed E-state index contributed by atoms with van der Waals surface area (Å²) in [7, 11) is 0. The van der Waals surface area contributed by atoms with Crippen LogP contribution in [0.3, 0.4) is 0 Å². The second kappa shape index (κ2) is 6.19. The van der Waals surface area contributed by atoms with Crippen molar-refractivity contribution >= 4 is 5.91 Å². The fourth-order valence-corrected chi connectivity index (χ4v) is 4.29. The molecule has 3 saturated heterocycles. The van der Waals surface area contributed by atoms with Crippen LogP contribution in [0.4, 0.5) is 4.39 Å². The molecular formula is C18H24FN3O. The van der Waals surface area contributed by atoms with E-state index >= 15 is 0 Å². The van der Waals surface area contributed by atoms with Gasteiger partial charge in [0.2, 0.25) is 0 Å². The maximum atomic E-state index is 13.4. The molecule has 1 saturated carbocycles. The van der Waals surface area contributed by atoms with Gasteiger partial charge in [-0.2, -0.15) is 0 Å². The lowest BCUT2D eigenvalue weighted by atomic mass is 9.83. The summed E-state index contributed by atoms with van der Waals surface area (Å²) in [4.78, 5) is 21.1. The highest BCUT2D eigenvalue weighted by Crippen LogP contribution is 2.33. The number of aromatic nitrogens is 1. The number of piperidine rings is 1. The Hall–Kier alpha value is -1.49. The Morgan fingerprint density at radius 1 is 1.17 bits per heavy atom. The third-order valence-electron chi connectivity index (χ3n) is 5.78. The maximum Gasteiger partial charge on any atom is 0.255 e. The maximum absolute atomic E-state index is 13.4. The number of pyridine rings is 1. The Labute approximate surface area is 136 Å².